The lowest BCUT2D eigenvalue weighted by atomic mass is 9.85. The van der Waals surface area contributed by atoms with Gasteiger partial charge in [-0.1, -0.05) is 135 Å². The van der Waals surface area contributed by atoms with Crippen LogP contribution in [0.2, 0.25) is 0 Å². The van der Waals surface area contributed by atoms with Gasteiger partial charge in [0, 0.05) is 10.8 Å². The Morgan fingerprint density at radius 1 is 0.404 bits per heavy atom. The van der Waals surface area contributed by atoms with E-state index in [0.29, 0.717) is 0 Å². The van der Waals surface area contributed by atoms with Crippen molar-refractivity contribution in [3.63, 3.8) is 0 Å². The van der Waals surface area contributed by atoms with Crippen LogP contribution in [0, 0.1) is 0 Å². The Morgan fingerprint density at radius 3 is 1.74 bits per heavy atom. The number of hydrogen-bond acceptors (Lipinski definition) is 1. The second-order valence-corrected chi connectivity index (χ2v) is 12.7. The van der Waals surface area contributed by atoms with Gasteiger partial charge < -0.3 is 4.42 Å². The molecule has 0 aliphatic rings. The van der Waals surface area contributed by atoms with E-state index in [0.717, 1.165) is 28.5 Å². The van der Waals surface area contributed by atoms with E-state index in [2.05, 4.69) is 159 Å². The number of aryl methyl sites for hydroxylation is 1. The number of rotatable bonds is 6. The quantitative estimate of drug-likeness (QED) is 0.173. The molecular formula is C46H34O. The summed E-state index contributed by atoms with van der Waals surface area (Å²) in [5, 5.41) is 9.90. The Labute approximate surface area is 274 Å². The number of furan rings is 1. The highest BCUT2D eigenvalue weighted by molar-refractivity contribution is 6.21. The van der Waals surface area contributed by atoms with Gasteiger partial charge >= 0.3 is 0 Å². The van der Waals surface area contributed by atoms with Crippen LogP contribution in [-0.2, 0) is 6.42 Å². The molecule has 0 radical (unpaired) electrons. The van der Waals surface area contributed by atoms with Gasteiger partial charge in [0.2, 0.25) is 0 Å². The molecule has 1 aromatic heterocycles. The van der Waals surface area contributed by atoms with Gasteiger partial charge in [-0.3, -0.25) is 0 Å². The standard InChI is InChI=1S/C46H34O/c1-2-3-12-30-21-22-33-27-42-37-24-23-34(28-43(37)47-44(42)29-36(33)25-30)32-15-11-16-35(26-32)46-40-19-9-7-17-38(40)45(31-13-5-4-6-14-31)39-18-8-10-20-41(39)46/h4-11,13-29H,2-3,12H2,1H3. The van der Waals surface area contributed by atoms with Crippen molar-refractivity contribution >= 4 is 54.3 Å². The van der Waals surface area contributed by atoms with Gasteiger partial charge in [-0.05, 0) is 114 Å². The molecule has 1 nitrogen and oxygen atoms in total. The Kier molecular flexibility index (Phi) is 6.64. The second kappa shape index (κ2) is 11.3. The molecule has 9 rings (SSSR count). The summed E-state index contributed by atoms with van der Waals surface area (Å²) in [4.78, 5) is 0. The van der Waals surface area contributed by atoms with Crippen molar-refractivity contribution in [2.45, 2.75) is 26.2 Å². The summed E-state index contributed by atoms with van der Waals surface area (Å²) in [6.07, 6.45) is 3.54. The first-order chi connectivity index (χ1) is 23.2. The molecule has 0 atom stereocenters. The van der Waals surface area contributed by atoms with Crippen LogP contribution < -0.4 is 0 Å². The van der Waals surface area contributed by atoms with Crippen molar-refractivity contribution in [1.29, 1.82) is 0 Å². The molecule has 47 heavy (non-hydrogen) atoms. The first-order valence-electron chi connectivity index (χ1n) is 16.7. The smallest absolute Gasteiger partial charge is 0.136 e. The zero-order chi connectivity index (χ0) is 31.3. The molecule has 0 amide bonds. The minimum atomic E-state index is 0.924. The molecule has 0 N–H and O–H groups in total. The van der Waals surface area contributed by atoms with Crippen LogP contribution in [0.4, 0.5) is 0 Å². The van der Waals surface area contributed by atoms with Crippen LogP contribution in [0.1, 0.15) is 25.3 Å². The van der Waals surface area contributed by atoms with E-state index < -0.39 is 0 Å². The summed E-state index contributed by atoms with van der Waals surface area (Å²) in [5.41, 5.74) is 10.6. The van der Waals surface area contributed by atoms with Crippen LogP contribution in [0.25, 0.3) is 87.6 Å². The zero-order valence-electron chi connectivity index (χ0n) is 26.5. The van der Waals surface area contributed by atoms with Gasteiger partial charge in [0.25, 0.3) is 0 Å². The molecule has 0 unspecified atom stereocenters. The first-order valence-corrected chi connectivity index (χ1v) is 16.7. The van der Waals surface area contributed by atoms with E-state index in [1.165, 1.54) is 83.9 Å². The maximum absolute atomic E-state index is 6.53. The molecule has 1 heterocycles. The van der Waals surface area contributed by atoms with E-state index in [4.69, 9.17) is 4.42 Å². The zero-order valence-corrected chi connectivity index (χ0v) is 26.5. The van der Waals surface area contributed by atoms with Crippen molar-refractivity contribution in [1.82, 2.24) is 0 Å². The van der Waals surface area contributed by atoms with Crippen molar-refractivity contribution < 1.29 is 4.42 Å². The third-order valence-electron chi connectivity index (χ3n) is 9.79. The molecule has 0 saturated heterocycles. The summed E-state index contributed by atoms with van der Waals surface area (Å²) >= 11 is 0. The molecule has 0 aliphatic carbocycles. The fourth-order valence-electron chi connectivity index (χ4n) is 7.49. The SMILES string of the molecule is CCCCc1ccc2cc3c(cc2c1)oc1cc(-c2cccc(-c4c5ccccc5c(-c5ccccc5)c5ccccc45)c2)ccc13. The monoisotopic (exact) mass is 602 g/mol. The fraction of sp³-hybridized carbons (Fsp3) is 0.0870. The molecule has 0 saturated carbocycles. The second-order valence-electron chi connectivity index (χ2n) is 12.7. The summed E-state index contributed by atoms with van der Waals surface area (Å²) in [5.74, 6) is 0. The van der Waals surface area contributed by atoms with Gasteiger partial charge in [-0.2, -0.15) is 0 Å². The molecule has 0 aliphatic heterocycles. The fourth-order valence-corrected chi connectivity index (χ4v) is 7.49. The third-order valence-corrected chi connectivity index (χ3v) is 9.79. The van der Waals surface area contributed by atoms with E-state index in [-0.39, 0.29) is 0 Å². The lowest BCUT2D eigenvalue weighted by Gasteiger charge is -2.18. The van der Waals surface area contributed by atoms with Gasteiger partial charge in [0.1, 0.15) is 11.2 Å². The van der Waals surface area contributed by atoms with Crippen LogP contribution in [0.15, 0.2) is 156 Å². The molecular weight excluding hydrogens is 569 g/mol. The molecule has 0 fully saturated rings. The lowest BCUT2D eigenvalue weighted by molar-refractivity contribution is 0.669. The van der Waals surface area contributed by atoms with Gasteiger partial charge in [0.05, 0.1) is 0 Å². The number of fused-ring (bicyclic) bond motifs is 6. The summed E-state index contributed by atoms with van der Waals surface area (Å²) < 4.78 is 6.53. The summed E-state index contributed by atoms with van der Waals surface area (Å²) in [7, 11) is 0. The molecule has 0 spiro atoms. The molecule has 9 aromatic rings. The summed E-state index contributed by atoms with van der Waals surface area (Å²) in [6, 6.07) is 55.5. The topological polar surface area (TPSA) is 13.1 Å². The number of benzene rings is 8. The summed E-state index contributed by atoms with van der Waals surface area (Å²) in [6.45, 7) is 2.25. The highest BCUT2D eigenvalue weighted by Gasteiger charge is 2.17. The maximum Gasteiger partial charge on any atom is 0.136 e. The average molecular weight is 603 g/mol. The average Bonchev–Trinajstić information content (AvgIpc) is 3.48. The van der Waals surface area contributed by atoms with Gasteiger partial charge in [-0.25, -0.2) is 0 Å². The number of unbranched alkanes of at least 4 members (excludes halogenated alkanes) is 1. The molecule has 8 aromatic carbocycles. The largest absolute Gasteiger partial charge is 0.456 e. The molecule has 1 heteroatoms. The molecule has 224 valence electrons. The van der Waals surface area contributed by atoms with Crippen LogP contribution in [0.3, 0.4) is 0 Å². The normalized spacial score (nSPS) is 11.8. The van der Waals surface area contributed by atoms with Crippen LogP contribution >= 0.6 is 0 Å². The van der Waals surface area contributed by atoms with E-state index in [1.807, 2.05) is 0 Å². The minimum absolute atomic E-state index is 0.924. The van der Waals surface area contributed by atoms with Crippen molar-refractivity contribution in [3.8, 4) is 33.4 Å². The highest BCUT2D eigenvalue weighted by Crippen LogP contribution is 2.44. The Balaban J connectivity index is 1.18. The van der Waals surface area contributed by atoms with Gasteiger partial charge in [0.15, 0.2) is 0 Å². The maximum atomic E-state index is 6.53. The molecule has 0 bridgehead atoms. The predicted octanol–water partition coefficient (Wildman–Crippen LogP) is 13.4. The van der Waals surface area contributed by atoms with Crippen LogP contribution in [0.5, 0.6) is 0 Å². The van der Waals surface area contributed by atoms with Gasteiger partial charge in [-0.15, -0.1) is 0 Å². The van der Waals surface area contributed by atoms with Crippen molar-refractivity contribution in [2.75, 3.05) is 0 Å². The third kappa shape index (κ3) is 4.70. The Morgan fingerprint density at radius 2 is 1.02 bits per heavy atom. The lowest BCUT2D eigenvalue weighted by Crippen LogP contribution is -1.91. The predicted molar refractivity (Wildman–Crippen MR) is 201 cm³/mol. The van der Waals surface area contributed by atoms with Crippen LogP contribution in [-0.4, -0.2) is 0 Å². The van der Waals surface area contributed by atoms with E-state index >= 15 is 0 Å². The van der Waals surface area contributed by atoms with Crippen molar-refractivity contribution in [2.24, 2.45) is 0 Å². The van der Waals surface area contributed by atoms with E-state index in [1.54, 1.807) is 0 Å². The van der Waals surface area contributed by atoms with Crippen molar-refractivity contribution in [3.05, 3.63) is 157 Å². The minimum Gasteiger partial charge on any atom is -0.456 e. The first kappa shape index (κ1) is 27.6. The van der Waals surface area contributed by atoms with E-state index in [9.17, 15) is 0 Å². The Hall–Kier alpha value is -5.66. The number of hydrogen-bond donors (Lipinski definition) is 0. The highest BCUT2D eigenvalue weighted by atomic mass is 16.3. The Bertz CT molecular complexity index is 2550.